The van der Waals surface area contributed by atoms with Gasteiger partial charge in [-0.25, -0.2) is 0 Å². The van der Waals surface area contributed by atoms with Crippen LogP contribution in [-0.4, -0.2) is 101 Å². The lowest BCUT2D eigenvalue weighted by Crippen LogP contribution is -2.66. The van der Waals surface area contributed by atoms with Crippen LogP contribution in [0.3, 0.4) is 0 Å². The molecule has 5 aliphatic carbocycles. The summed E-state index contributed by atoms with van der Waals surface area (Å²) in [6, 6.07) is 4.10. The van der Waals surface area contributed by atoms with E-state index < -0.39 is 28.9 Å². The number of pyridine rings is 1. The molecule has 0 aromatic carbocycles. The Morgan fingerprint density at radius 3 is 2.39 bits per heavy atom. The third kappa shape index (κ3) is 7.66. The first kappa shape index (κ1) is 44.4. The van der Waals surface area contributed by atoms with E-state index in [-0.39, 0.29) is 51.8 Å². The number of ether oxygens (including phenoxy) is 2. The van der Waals surface area contributed by atoms with Gasteiger partial charge >= 0.3 is 11.9 Å². The molecule has 9 atom stereocenters. The molecule has 0 bridgehead atoms. The SMILES string of the molecule is CC(C)C1=C2[C@H]3CC[C@@H]4[C@@]5(C)CC[C@H](OC(=O)CC(C)(C)C(=O)O)C(C)(C)[C@H]5CC[C@@]4(C)[C@]3(C)CCC2(C(O)CN(CCN2CCOCC2)Cc2cccnc2)CC1=O. The topological polar surface area (TPSA) is 130 Å². The molecule has 59 heavy (non-hydrogen) atoms. The summed E-state index contributed by atoms with van der Waals surface area (Å²) in [6.45, 7) is 26.1. The fourth-order valence-electron chi connectivity index (χ4n) is 14.4. The number of aromatic nitrogens is 1. The second-order valence-corrected chi connectivity index (χ2v) is 22.1. The van der Waals surface area contributed by atoms with Gasteiger partial charge in [0.15, 0.2) is 5.78 Å². The Kier molecular flexibility index (Phi) is 12.2. The van der Waals surface area contributed by atoms with Crippen LogP contribution in [0, 0.1) is 56.2 Å². The number of morpholine rings is 1. The number of fused-ring (bicyclic) bond motifs is 7. The quantitative estimate of drug-likeness (QED) is 0.189. The van der Waals surface area contributed by atoms with Crippen molar-refractivity contribution in [1.82, 2.24) is 14.8 Å². The van der Waals surface area contributed by atoms with Gasteiger partial charge in [0.05, 0.1) is 31.2 Å². The lowest BCUT2D eigenvalue weighted by Gasteiger charge is -2.72. The number of Topliss-reactive ketones (excluding diaryl/α,β-unsaturated/α-hetero) is 1. The van der Waals surface area contributed by atoms with Crippen molar-refractivity contribution >= 4 is 17.7 Å². The molecule has 4 saturated carbocycles. The molecule has 6 aliphatic rings. The molecular formula is C49H75N3O7. The number of nitrogens with zero attached hydrogens (tertiary/aromatic N) is 3. The molecule has 1 aromatic rings. The number of carbonyl (C=O) groups excluding carboxylic acids is 2. The van der Waals surface area contributed by atoms with Gasteiger partial charge in [0.25, 0.3) is 0 Å². The van der Waals surface area contributed by atoms with Crippen molar-refractivity contribution in [2.45, 2.75) is 145 Å². The molecule has 5 fully saturated rings. The Bertz CT molecular complexity index is 1770. The van der Waals surface area contributed by atoms with Gasteiger partial charge in [-0.05, 0) is 122 Å². The first-order valence-corrected chi connectivity index (χ1v) is 23.0. The number of ketones is 1. The molecule has 0 radical (unpaired) electrons. The van der Waals surface area contributed by atoms with Crippen LogP contribution in [0.15, 0.2) is 35.7 Å². The molecule has 10 nitrogen and oxygen atoms in total. The van der Waals surface area contributed by atoms with Crippen molar-refractivity contribution < 1.29 is 34.1 Å². The number of allylic oxidation sites excluding steroid dienone is 1. The van der Waals surface area contributed by atoms with E-state index >= 15 is 0 Å². The molecule has 2 N–H and O–H groups in total. The van der Waals surface area contributed by atoms with Gasteiger partial charge in [0, 0.05) is 68.9 Å². The summed E-state index contributed by atoms with van der Waals surface area (Å²) in [7, 11) is 0. The summed E-state index contributed by atoms with van der Waals surface area (Å²) in [5.41, 5.74) is 1.51. The van der Waals surface area contributed by atoms with Crippen LogP contribution in [0.1, 0.15) is 132 Å². The Morgan fingerprint density at radius 1 is 1.00 bits per heavy atom. The van der Waals surface area contributed by atoms with Gasteiger partial charge in [-0.1, -0.05) is 60.1 Å². The first-order valence-electron chi connectivity index (χ1n) is 23.0. The van der Waals surface area contributed by atoms with E-state index in [1.807, 2.05) is 18.5 Å². The summed E-state index contributed by atoms with van der Waals surface area (Å²) in [4.78, 5) is 48.7. The normalized spacial score (nSPS) is 36.4. The second kappa shape index (κ2) is 16.2. The summed E-state index contributed by atoms with van der Waals surface area (Å²) in [6.07, 6.45) is 10.9. The van der Waals surface area contributed by atoms with Gasteiger partial charge in [0.2, 0.25) is 0 Å². The Hall–Kier alpha value is -2.66. The summed E-state index contributed by atoms with van der Waals surface area (Å²) in [5.74, 6) is 0.00584. The predicted molar refractivity (Wildman–Crippen MR) is 228 cm³/mol. The van der Waals surface area contributed by atoms with Crippen LogP contribution in [0.5, 0.6) is 0 Å². The van der Waals surface area contributed by atoms with Crippen LogP contribution < -0.4 is 0 Å². The zero-order valence-corrected chi connectivity index (χ0v) is 37.8. The van der Waals surface area contributed by atoms with Gasteiger partial charge < -0.3 is 19.7 Å². The van der Waals surface area contributed by atoms with Gasteiger partial charge in [-0.3, -0.25) is 29.2 Å². The minimum Gasteiger partial charge on any atom is -0.481 e. The van der Waals surface area contributed by atoms with Crippen LogP contribution >= 0.6 is 0 Å². The van der Waals surface area contributed by atoms with E-state index in [0.717, 1.165) is 102 Å². The first-order chi connectivity index (χ1) is 27.7. The minimum atomic E-state index is -1.17. The number of aliphatic carboxylic acids is 1. The number of aliphatic hydroxyl groups is 1. The Labute approximate surface area is 354 Å². The van der Waals surface area contributed by atoms with Crippen molar-refractivity contribution in [2.75, 3.05) is 45.9 Å². The molecule has 2 heterocycles. The third-order valence-corrected chi connectivity index (χ3v) is 17.9. The standard InChI is InChI=1S/C49H75N3O7/c1-32(2)41-35(53)27-49(38(54)31-52(30-33-11-10-20-50-29-33)22-21-51-23-25-58-26-24-51)19-18-47(8)34(42(41)49)12-13-37-46(7)16-15-39(59-40(55)28-44(3,4)43(56)57)45(5,6)36(46)14-17-48(37,47)9/h10-11,20,29,32,34,36-39,54H,12-19,21-28,30-31H2,1-9H3,(H,56,57)/t34-,36-,37-,38?,39+,46+,47-,48-,49?/m1/s1. The zero-order chi connectivity index (χ0) is 42.8. The van der Waals surface area contributed by atoms with E-state index in [2.05, 4.69) is 69.3 Å². The lowest BCUT2D eigenvalue weighted by atomic mass is 9.33. The van der Waals surface area contributed by atoms with Crippen molar-refractivity contribution in [3.63, 3.8) is 0 Å². The van der Waals surface area contributed by atoms with Crippen LogP contribution in [0.4, 0.5) is 0 Å². The highest BCUT2D eigenvalue weighted by Gasteiger charge is 2.71. The molecule has 0 amide bonds. The van der Waals surface area contributed by atoms with Crippen LogP contribution in [0.2, 0.25) is 0 Å². The summed E-state index contributed by atoms with van der Waals surface area (Å²) >= 11 is 0. The Balaban J connectivity index is 1.15. The average molecular weight is 818 g/mol. The molecule has 7 rings (SSSR count). The smallest absolute Gasteiger partial charge is 0.309 e. The van der Waals surface area contributed by atoms with E-state index in [9.17, 15) is 24.6 Å². The van der Waals surface area contributed by atoms with Crippen LogP contribution in [0.25, 0.3) is 0 Å². The predicted octanol–water partition coefficient (Wildman–Crippen LogP) is 7.97. The van der Waals surface area contributed by atoms with Gasteiger partial charge in [-0.15, -0.1) is 0 Å². The van der Waals surface area contributed by atoms with E-state index in [0.29, 0.717) is 31.3 Å². The maximum atomic E-state index is 14.4. The maximum Gasteiger partial charge on any atom is 0.309 e. The molecule has 1 aliphatic heterocycles. The summed E-state index contributed by atoms with van der Waals surface area (Å²) in [5, 5.41) is 22.5. The maximum absolute atomic E-state index is 14.4. The molecule has 1 aromatic heterocycles. The number of rotatable bonds is 13. The van der Waals surface area contributed by atoms with E-state index in [1.165, 1.54) is 5.57 Å². The lowest BCUT2D eigenvalue weighted by molar-refractivity contribution is -0.235. The van der Waals surface area contributed by atoms with Crippen molar-refractivity contribution in [2.24, 2.45) is 56.2 Å². The van der Waals surface area contributed by atoms with Crippen molar-refractivity contribution in [1.29, 1.82) is 0 Å². The zero-order valence-electron chi connectivity index (χ0n) is 37.8. The number of hydrogen-bond donors (Lipinski definition) is 2. The molecule has 2 unspecified atom stereocenters. The molecule has 10 heteroatoms. The fourth-order valence-corrected chi connectivity index (χ4v) is 14.4. The van der Waals surface area contributed by atoms with Crippen molar-refractivity contribution in [3.05, 3.63) is 41.2 Å². The Morgan fingerprint density at radius 2 is 1.73 bits per heavy atom. The fraction of sp³-hybridized carbons (Fsp3) is 0.796. The van der Waals surface area contributed by atoms with E-state index in [1.54, 1.807) is 13.8 Å². The van der Waals surface area contributed by atoms with Crippen molar-refractivity contribution in [3.8, 4) is 0 Å². The minimum absolute atomic E-state index is 0.0329. The number of esters is 1. The second-order valence-electron chi connectivity index (χ2n) is 22.1. The summed E-state index contributed by atoms with van der Waals surface area (Å²) < 4.78 is 11.8. The highest BCUT2D eigenvalue weighted by molar-refractivity contribution is 6.00. The van der Waals surface area contributed by atoms with Gasteiger partial charge in [-0.2, -0.15) is 0 Å². The average Bonchev–Trinajstić information content (AvgIpc) is 3.49. The number of aliphatic hydroxyl groups excluding tert-OH is 1. The molecule has 0 spiro atoms. The number of carbonyl (C=O) groups is 3. The number of hydrogen-bond acceptors (Lipinski definition) is 9. The van der Waals surface area contributed by atoms with Crippen LogP contribution in [-0.2, 0) is 30.4 Å². The highest BCUT2D eigenvalue weighted by Crippen LogP contribution is 2.77. The largest absolute Gasteiger partial charge is 0.481 e. The molecule has 328 valence electrons. The number of carboxylic acid groups (broad SMARTS) is 1. The highest BCUT2D eigenvalue weighted by atomic mass is 16.5. The molecule has 1 saturated heterocycles. The monoisotopic (exact) mass is 818 g/mol. The molecular weight excluding hydrogens is 743 g/mol. The van der Waals surface area contributed by atoms with Gasteiger partial charge in [0.1, 0.15) is 6.10 Å². The number of carboxylic acids is 1. The third-order valence-electron chi connectivity index (χ3n) is 17.9. The van der Waals surface area contributed by atoms with E-state index in [4.69, 9.17) is 9.47 Å².